The van der Waals surface area contributed by atoms with Gasteiger partial charge in [-0.25, -0.2) is 0 Å². The Bertz CT molecular complexity index is 236. The molecule has 92 valence electrons. The summed E-state index contributed by atoms with van der Waals surface area (Å²) in [6.45, 7) is 3.92. The third kappa shape index (κ3) is 2.97. The van der Waals surface area contributed by atoms with Crippen LogP contribution >= 0.6 is 0 Å². The zero-order valence-electron chi connectivity index (χ0n) is 10.3. The largest absolute Gasteiger partial charge is 0.461 e. The van der Waals surface area contributed by atoms with Crippen LogP contribution in [0.5, 0.6) is 0 Å². The first-order valence-electron chi connectivity index (χ1n) is 6.68. The number of ether oxygens (including phenoxy) is 1. The number of likely N-dealkylation sites (tertiary alicyclic amines) is 1. The van der Waals surface area contributed by atoms with Gasteiger partial charge in [0.1, 0.15) is 6.10 Å². The van der Waals surface area contributed by atoms with Gasteiger partial charge in [0.05, 0.1) is 0 Å². The average Bonchev–Trinajstić information content (AvgIpc) is 2.30. The Morgan fingerprint density at radius 1 is 1.06 bits per heavy atom. The number of nitrogens with zero attached hydrogens (tertiary/aromatic N) is 1. The molecule has 16 heavy (non-hydrogen) atoms. The van der Waals surface area contributed by atoms with Crippen molar-refractivity contribution < 1.29 is 9.53 Å². The fraction of sp³-hybridized carbons (Fsp3) is 0.923. The first kappa shape index (κ1) is 11.9. The Labute approximate surface area is 98.1 Å². The topological polar surface area (TPSA) is 29.5 Å². The molecule has 3 nitrogen and oxygen atoms in total. The van der Waals surface area contributed by atoms with Gasteiger partial charge < -0.3 is 4.74 Å². The highest BCUT2D eigenvalue weighted by Gasteiger charge is 2.32. The van der Waals surface area contributed by atoms with Crippen LogP contribution in [0, 0.1) is 0 Å². The fourth-order valence-electron chi connectivity index (χ4n) is 3.10. The molecule has 1 aliphatic carbocycles. The van der Waals surface area contributed by atoms with E-state index in [1.54, 1.807) is 0 Å². The van der Waals surface area contributed by atoms with Crippen LogP contribution in [0.4, 0.5) is 0 Å². The number of esters is 1. The van der Waals surface area contributed by atoms with E-state index in [2.05, 4.69) is 4.90 Å². The van der Waals surface area contributed by atoms with Gasteiger partial charge in [0, 0.05) is 13.0 Å². The fourth-order valence-corrected chi connectivity index (χ4v) is 3.10. The van der Waals surface area contributed by atoms with Crippen LogP contribution in [-0.4, -0.2) is 36.1 Å². The molecule has 3 heteroatoms. The van der Waals surface area contributed by atoms with Crippen LogP contribution in [-0.2, 0) is 9.53 Å². The van der Waals surface area contributed by atoms with Crippen molar-refractivity contribution in [3.63, 3.8) is 0 Å². The highest BCUT2D eigenvalue weighted by molar-refractivity contribution is 5.66. The molecule has 1 heterocycles. The maximum atomic E-state index is 11.1. The molecule has 2 rings (SSSR count). The highest BCUT2D eigenvalue weighted by atomic mass is 16.5. The minimum absolute atomic E-state index is 0.117. The first-order chi connectivity index (χ1) is 7.77. The Balaban J connectivity index is 1.94. The summed E-state index contributed by atoms with van der Waals surface area (Å²) in [4.78, 5) is 13.7. The zero-order chi connectivity index (χ0) is 11.4. The number of hydrogen-bond donors (Lipinski definition) is 0. The summed E-state index contributed by atoms with van der Waals surface area (Å²) >= 11 is 0. The van der Waals surface area contributed by atoms with Crippen molar-refractivity contribution in [1.29, 1.82) is 0 Å². The predicted octanol–water partition coefficient (Wildman–Crippen LogP) is 2.35. The Morgan fingerprint density at radius 3 is 2.44 bits per heavy atom. The van der Waals surface area contributed by atoms with E-state index in [4.69, 9.17) is 4.74 Å². The van der Waals surface area contributed by atoms with Crippen LogP contribution in [0.1, 0.15) is 51.9 Å². The van der Waals surface area contributed by atoms with Crippen molar-refractivity contribution in [2.24, 2.45) is 0 Å². The maximum absolute atomic E-state index is 11.1. The quantitative estimate of drug-likeness (QED) is 0.676. The van der Waals surface area contributed by atoms with E-state index < -0.39 is 0 Å². The SMILES string of the molecule is CC(=O)O[C@H]1CCCC[C@@H]1N1CCCCC1. The van der Waals surface area contributed by atoms with E-state index in [0.29, 0.717) is 6.04 Å². The Hall–Kier alpha value is -0.570. The molecule has 1 saturated carbocycles. The van der Waals surface area contributed by atoms with Crippen molar-refractivity contribution in [2.75, 3.05) is 13.1 Å². The van der Waals surface area contributed by atoms with Gasteiger partial charge in [-0.3, -0.25) is 9.69 Å². The molecule has 2 atom stereocenters. The number of rotatable bonds is 2. The maximum Gasteiger partial charge on any atom is 0.302 e. The molecule has 0 spiro atoms. The van der Waals surface area contributed by atoms with Gasteiger partial charge in [-0.15, -0.1) is 0 Å². The van der Waals surface area contributed by atoms with Crippen molar-refractivity contribution in [1.82, 2.24) is 4.90 Å². The average molecular weight is 225 g/mol. The summed E-state index contributed by atoms with van der Waals surface area (Å²) in [5.74, 6) is -0.117. The summed E-state index contributed by atoms with van der Waals surface area (Å²) in [6, 6.07) is 0.498. The lowest BCUT2D eigenvalue weighted by Crippen LogP contribution is -2.49. The monoisotopic (exact) mass is 225 g/mol. The summed E-state index contributed by atoms with van der Waals surface area (Å²) in [6.07, 6.45) is 8.90. The second kappa shape index (κ2) is 5.67. The second-order valence-corrected chi connectivity index (χ2v) is 5.10. The van der Waals surface area contributed by atoms with E-state index in [1.165, 1.54) is 58.5 Å². The van der Waals surface area contributed by atoms with Crippen molar-refractivity contribution >= 4 is 5.97 Å². The van der Waals surface area contributed by atoms with Gasteiger partial charge in [-0.05, 0) is 45.2 Å². The predicted molar refractivity (Wildman–Crippen MR) is 63.2 cm³/mol. The molecule has 1 saturated heterocycles. The summed E-state index contributed by atoms with van der Waals surface area (Å²) in [5.41, 5.74) is 0. The molecule has 1 aliphatic heterocycles. The van der Waals surface area contributed by atoms with Gasteiger partial charge in [0.15, 0.2) is 0 Å². The first-order valence-corrected chi connectivity index (χ1v) is 6.68. The van der Waals surface area contributed by atoms with E-state index in [0.717, 1.165) is 6.42 Å². The molecule has 0 unspecified atom stereocenters. The van der Waals surface area contributed by atoms with Crippen LogP contribution in [0.15, 0.2) is 0 Å². The van der Waals surface area contributed by atoms with Gasteiger partial charge in [-0.1, -0.05) is 12.8 Å². The molecular formula is C13H23NO2. The van der Waals surface area contributed by atoms with E-state index in [9.17, 15) is 4.79 Å². The van der Waals surface area contributed by atoms with E-state index >= 15 is 0 Å². The number of hydrogen-bond acceptors (Lipinski definition) is 3. The van der Waals surface area contributed by atoms with Crippen LogP contribution in [0.25, 0.3) is 0 Å². The third-order valence-electron chi connectivity index (χ3n) is 3.84. The molecule has 0 aromatic carbocycles. The minimum atomic E-state index is -0.117. The molecule has 2 aliphatic rings. The number of carbonyl (C=O) groups excluding carboxylic acids is 1. The lowest BCUT2D eigenvalue weighted by molar-refractivity contribution is -0.152. The Kier molecular flexibility index (Phi) is 4.22. The van der Waals surface area contributed by atoms with Crippen molar-refractivity contribution in [2.45, 2.75) is 64.0 Å². The standard InChI is InChI=1S/C13H23NO2/c1-11(15)16-13-8-4-3-7-12(13)14-9-5-2-6-10-14/h12-13H,2-10H2,1H3/t12-,13-/m0/s1. The van der Waals surface area contributed by atoms with Crippen LogP contribution < -0.4 is 0 Å². The smallest absolute Gasteiger partial charge is 0.302 e. The third-order valence-corrected chi connectivity index (χ3v) is 3.84. The zero-order valence-corrected chi connectivity index (χ0v) is 10.3. The molecule has 0 N–H and O–H groups in total. The number of piperidine rings is 1. The minimum Gasteiger partial charge on any atom is -0.461 e. The van der Waals surface area contributed by atoms with Gasteiger partial charge >= 0.3 is 5.97 Å². The van der Waals surface area contributed by atoms with Gasteiger partial charge in [-0.2, -0.15) is 0 Å². The van der Waals surface area contributed by atoms with Crippen molar-refractivity contribution in [3.8, 4) is 0 Å². The Morgan fingerprint density at radius 2 is 1.75 bits per heavy atom. The van der Waals surface area contributed by atoms with Crippen LogP contribution in [0.2, 0.25) is 0 Å². The molecule has 0 aromatic rings. The lowest BCUT2D eigenvalue weighted by atomic mass is 9.90. The lowest BCUT2D eigenvalue weighted by Gasteiger charge is -2.41. The molecular weight excluding hydrogens is 202 g/mol. The normalized spacial score (nSPS) is 32.3. The van der Waals surface area contributed by atoms with Gasteiger partial charge in [0.25, 0.3) is 0 Å². The molecule has 0 radical (unpaired) electrons. The van der Waals surface area contributed by atoms with Crippen molar-refractivity contribution in [3.05, 3.63) is 0 Å². The molecule has 0 bridgehead atoms. The van der Waals surface area contributed by atoms with Crippen LogP contribution in [0.3, 0.4) is 0 Å². The van der Waals surface area contributed by atoms with Gasteiger partial charge in [0.2, 0.25) is 0 Å². The van der Waals surface area contributed by atoms with E-state index in [1.807, 2.05) is 0 Å². The highest BCUT2D eigenvalue weighted by Crippen LogP contribution is 2.27. The molecule has 0 aromatic heterocycles. The van der Waals surface area contributed by atoms with E-state index in [-0.39, 0.29) is 12.1 Å². The number of carbonyl (C=O) groups is 1. The summed E-state index contributed by atoms with van der Waals surface area (Å²) < 4.78 is 5.48. The summed E-state index contributed by atoms with van der Waals surface area (Å²) in [7, 11) is 0. The summed E-state index contributed by atoms with van der Waals surface area (Å²) in [5, 5.41) is 0. The second-order valence-electron chi connectivity index (χ2n) is 5.10. The molecule has 0 amide bonds. The molecule has 2 fully saturated rings.